The van der Waals surface area contributed by atoms with Crippen molar-refractivity contribution in [3.8, 4) is 29.6 Å². The molecule has 15 heavy (non-hydrogen) atoms. The first kappa shape index (κ1) is 11.3. The molecule has 0 saturated heterocycles. The maximum atomic E-state index is 5.50. The van der Waals surface area contributed by atoms with E-state index in [1.807, 2.05) is 18.2 Å². The van der Waals surface area contributed by atoms with Crippen molar-refractivity contribution < 1.29 is 14.2 Å². The number of ether oxygens (including phenoxy) is 3. The van der Waals surface area contributed by atoms with Gasteiger partial charge in [0.05, 0.1) is 20.8 Å². The fourth-order valence-corrected chi connectivity index (χ4v) is 1.17. The van der Waals surface area contributed by atoms with Crippen LogP contribution in [-0.2, 0) is 0 Å². The lowest BCUT2D eigenvalue weighted by molar-refractivity contribution is 0.280. The van der Waals surface area contributed by atoms with E-state index in [0.29, 0.717) is 30.3 Å². The molecular formula is C12H14O3. The molecule has 0 radical (unpaired) electrons. The van der Waals surface area contributed by atoms with E-state index in [0.717, 1.165) is 0 Å². The molecule has 1 rings (SSSR count). The summed E-state index contributed by atoms with van der Waals surface area (Å²) in [7, 11) is 3.17. The van der Waals surface area contributed by atoms with Crippen LogP contribution in [0.15, 0.2) is 18.2 Å². The lowest BCUT2D eigenvalue weighted by Crippen LogP contribution is -2.00. The molecule has 3 nitrogen and oxygen atoms in total. The summed E-state index contributed by atoms with van der Waals surface area (Å²) in [6.07, 6.45) is 5.70. The average Bonchev–Trinajstić information content (AvgIpc) is 2.29. The van der Waals surface area contributed by atoms with Crippen molar-refractivity contribution in [3.63, 3.8) is 0 Å². The van der Waals surface area contributed by atoms with E-state index in [-0.39, 0.29) is 0 Å². The predicted octanol–water partition coefficient (Wildman–Crippen LogP) is 2.11. The Morgan fingerprint density at radius 3 is 2.27 bits per heavy atom. The summed E-state index contributed by atoms with van der Waals surface area (Å²) in [5, 5.41) is 0. The van der Waals surface area contributed by atoms with E-state index < -0.39 is 0 Å². The first-order valence-corrected chi connectivity index (χ1v) is 4.60. The predicted molar refractivity (Wildman–Crippen MR) is 58.5 cm³/mol. The topological polar surface area (TPSA) is 27.7 Å². The lowest BCUT2D eigenvalue weighted by atomic mass is 10.3. The molecule has 1 aromatic carbocycles. The van der Waals surface area contributed by atoms with Gasteiger partial charge in [0.2, 0.25) is 5.75 Å². The van der Waals surface area contributed by atoms with Crippen molar-refractivity contribution in [1.29, 1.82) is 0 Å². The van der Waals surface area contributed by atoms with Crippen LogP contribution in [-0.4, -0.2) is 20.8 Å². The SMILES string of the molecule is C#CCCOc1c(OC)cccc1OC. The monoisotopic (exact) mass is 206 g/mol. The summed E-state index contributed by atoms with van der Waals surface area (Å²) in [6.45, 7) is 0.452. The maximum absolute atomic E-state index is 5.50. The zero-order valence-corrected chi connectivity index (χ0v) is 8.95. The van der Waals surface area contributed by atoms with Crippen LogP contribution in [0.1, 0.15) is 6.42 Å². The minimum atomic E-state index is 0.452. The fourth-order valence-electron chi connectivity index (χ4n) is 1.17. The summed E-state index contributed by atoms with van der Waals surface area (Å²) < 4.78 is 15.8. The molecule has 0 aliphatic carbocycles. The van der Waals surface area contributed by atoms with Crippen molar-refractivity contribution in [2.45, 2.75) is 6.42 Å². The zero-order chi connectivity index (χ0) is 11.1. The first-order chi connectivity index (χ1) is 7.33. The van der Waals surface area contributed by atoms with Gasteiger partial charge in [-0.05, 0) is 12.1 Å². The van der Waals surface area contributed by atoms with Gasteiger partial charge in [-0.1, -0.05) is 6.07 Å². The Balaban J connectivity index is 2.86. The second-order valence-corrected chi connectivity index (χ2v) is 2.79. The Hall–Kier alpha value is -1.82. The third-order valence-corrected chi connectivity index (χ3v) is 1.88. The van der Waals surface area contributed by atoms with E-state index in [1.165, 1.54) is 0 Å². The standard InChI is InChI=1S/C12H14O3/c1-4-5-9-15-12-10(13-2)7-6-8-11(12)14-3/h1,6-8H,5,9H2,2-3H3. The molecule has 0 unspecified atom stereocenters. The number of hydrogen-bond donors (Lipinski definition) is 0. The van der Waals surface area contributed by atoms with Gasteiger partial charge >= 0.3 is 0 Å². The van der Waals surface area contributed by atoms with E-state index >= 15 is 0 Å². The summed E-state index contributed by atoms with van der Waals surface area (Å²) in [6, 6.07) is 5.47. The van der Waals surface area contributed by atoms with Gasteiger partial charge in [0.15, 0.2) is 11.5 Å². The Morgan fingerprint density at radius 2 is 1.80 bits per heavy atom. The van der Waals surface area contributed by atoms with Crippen LogP contribution < -0.4 is 14.2 Å². The molecule has 0 atom stereocenters. The van der Waals surface area contributed by atoms with Gasteiger partial charge in [0.25, 0.3) is 0 Å². The van der Waals surface area contributed by atoms with Crippen LogP contribution in [0.4, 0.5) is 0 Å². The van der Waals surface area contributed by atoms with Crippen LogP contribution in [0.2, 0.25) is 0 Å². The summed E-state index contributed by atoms with van der Waals surface area (Å²) >= 11 is 0. The molecule has 0 aliphatic rings. The largest absolute Gasteiger partial charge is 0.493 e. The van der Waals surface area contributed by atoms with Crippen molar-refractivity contribution in [1.82, 2.24) is 0 Å². The van der Waals surface area contributed by atoms with Crippen LogP contribution in [0.25, 0.3) is 0 Å². The van der Waals surface area contributed by atoms with Gasteiger partial charge in [-0.15, -0.1) is 12.3 Å². The number of para-hydroxylation sites is 1. The molecule has 0 spiro atoms. The second kappa shape index (κ2) is 5.82. The molecule has 0 heterocycles. The molecule has 0 saturated carbocycles. The van der Waals surface area contributed by atoms with Crippen molar-refractivity contribution in [2.24, 2.45) is 0 Å². The average molecular weight is 206 g/mol. The highest BCUT2D eigenvalue weighted by Gasteiger charge is 2.10. The molecule has 0 aromatic heterocycles. The summed E-state index contributed by atoms with van der Waals surface area (Å²) in [5.41, 5.74) is 0. The van der Waals surface area contributed by atoms with Gasteiger partial charge in [0, 0.05) is 6.42 Å². The van der Waals surface area contributed by atoms with Gasteiger partial charge < -0.3 is 14.2 Å². The van der Waals surface area contributed by atoms with Gasteiger partial charge in [0.1, 0.15) is 0 Å². The Labute approximate surface area is 90.0 Å². The smallest absolute Gasteiger partial charge is 0.203 e. The van der Waals surface area contributed by atoms with Crippen LogP contribution in [0.3, 0.4) is 0 Å². The molecule has 0 aliphatic heterocycles. The van der Waals surface area contributed by atoms with E-state index in [4.69, 9.17) is 20.6 Å². The number of rotatable bonds is 5. The minimum absolute atomic E-state index is 0.452. The zero-order valence-electron chi connectivity index (χ0n) is 8.95. The lowest BCUT2D eigenvalue weighted by Gasteiger charge is -2.12. The highest BCUT2D eigenvalue weighted by Crippen LogP contribution is 2.36. The Morgan fingerprint density at radius 1 is 1.20 bits per heavy atom. The molecule has 80 valence electrons. The molecule has 3 heteroatoms. The number of terminal acetylenes is 1. The maximum Gasteiger partial charge on any atom is 0.203 e. The van der Waals surface area contributed by atoms with E-state index in [1.54, 1.807) is 14.2 Å². The fraction of sp³-hybridized carbons (Fsp3) is 0.333. The summed E-state index contributed by atoms with van der Waals surface area (Å²) in [4.78, 5) is 0. The van der Waals surface area contributed by atoms with E-state index in [2.05, 4.69) is 5.92 Å². The number of hydrogen-bond acceptors (Lipinski definition) is 3. The number of benzene rings is 1. The Kier molecular flexibility index (Phi) is 4.36. The highest BCUT2D eigenvalue weighted by atomic mass is 16.5. The van der Waals surface area contributed by atoms with Crippen molar-refractivity contribution in [2.75, 3.05) is 20.8 Å². The van der Waals surface area contributed by atoms with Crippen molar-refractivity contribution in [3.05, 3.63) is 18.2 Å². The van der Waals surface area contributed by atoms with Gasteiger partial charge in [-0.25, -0.2) is 0 Å². The van der Waals surface area contributed by atoms with Gasteiger partial charge in [-0.2, -0.15) is 0 Å². The third-order valence-electron chi connectivity index (χ3n) is 1.88. The van der Waals surface area contributed by atoms with Crippen LogP contribution in [0.5, 0.6) is 17.2 Å². The molecule has 0 N–H and O–H groups in total. The second-order valence-electron chi connectivity index (χ2n) is 2.79. The molecule has 0 bridgehead atoms. The van der Waals surface area contributed by atoms with E-state index in [9.17, 15) is 0 Å². The molecule has 0 fully saturated rings. The van der Waals surface area contributed by atoms with Crippen molar-refractivity contribution >= 4 is 0 Å². The molecule has 0 amide bonds. The quantitative estimate of drug-likeness (QED) is 0.545. The molecular weight excluding hydrogens is 192 g/mol. The summed E-state index contributed by atoms with van der Waals surface area (Å²) in [5.74, 6) is 4.39. The normalized spacial score (nSPS) is 9.13. The third kappa shape index (κ3) is 2.81. The Bertz CT molecular complexity index is 330. The van der Waals surface area contributed by atoms with Crippen LogP contribution in [0, 0.1) is 12.3 Å². The first-order valence-electron chi connectivity index (χ1n) is 4.60. The van der Waals surface area contributed by atoms with Crippen LogP contribution >= 0.6 is 0 Å². The highest BCUT2D eigenvalue weighted by molar-refractivity contribution is 5.51. The van der Waals surface area contributed by atoms with Gasteiger partial charge in [-0.3, -0.25) is 0 Å². The minimum Gasteiger partial charge on any atom is -0.493 e. The molecule has 1 aromatic rings. The number of methoxy groups -OCH3 is 2.